The molecule has 27 heavy (non-hydrogen) atoms. The van der Waals surface area contributed by atoms with Crippen molar-refractivity contribution < 1.29 is 13.2 Å². The van der Waals surface area contributed by atoms with E-state index in [2.05, 4.69) is 15.6 Å². The number of anilines is 1. The van der Waals surface area contributed by atoms with Gasteiger partial charge in [-0.05, 0) is 29.6 Å². The molecule has 1 aromatic carbocycles. The average molecular weight is 409 g/mol. The maximum atomic E-state index is 12.5. The van der Waals surface area contributed by atoms with Gasteiger partial charge in [-0.1, -0.05) is 6.07 Å². The zero-order valence-corrected chi connectivity index (χ0v) is 15.6. The molecule has 12 heteroatoms. The summed E-state index contributed by atoms with van der Waals surface area (Å²) in [7, 11) is -2.31. The summed E-state index contributed by atoms with van der Waals surface area (Å²) < 4.78 is 26.5. The maximum absolute atomic E-state index is 12.5. The van der Waals surface area contributed by atoms with Crippen LogP contribution in [0.4, 0.5) is 10.5 Å². The number of fused-ring (bicyclic) bond motifs is 1. The van der Waals surface area contributed by atoms with Gasteiger partial charge >= 0.3 is 11.7 Å². The summed E-state index contributed by atoms with van der Waals surface area (Å²) in [6.07, 6.45) is 0. The number of rotatable bonds is 5. The Labute approximate surface area is 156 Å². The fraction of sp³-hybridized carbons (Fsp3) is 0.133. The smallest absolute Gasteiger partial charge is 0.330 e. The predicted molar refractivity (Wildman–Crippen MR) is 102 cm³/mol. The molecule has 0 spiro atoms. The van der Waals surface area contributed by atoms with Gasteiger partial charge in [-0.25, -0.2) is 27.3 Å². The van der Waals surface area contributed by atoms with Crippen LogP contribution in [0.25, 0.3) is 10.9 Å². The molecule has 0 atom stereocenters. The molecule has 0 radical (unpaired) electrons. The zero-order chi connectivity index (χ0) is 19.6. The van der Waals surface area contributed by atoms with E-state index in [1.165, 1.54) is 18.2 Å². The largest absolute Gasteiger partial charge is 0.388 e. The molecule has 10 nitrogen and oxygen atoms in total. The molecule has 2 amide bonds. The second kappa shape index (κ2) is 7.25. The molecule has 0 aliphatic heterocycles. The van der Waals surface area contributed by atoms with Crippen molar-refractivity contribution >= 4 is 44.0 Å². The molecule has 0 aliphatic carbocycles. The van der Waals surface area contributed by atoms with E-state index in [1.54, 1.807) is 24.6 Å². The van der Waals surface area contributed by atoms with Gasteiger partial charge < -0.3 is 15.6 Å². The lowest BCUT2D eigenvalue weighted by Gasteiger charge is -2.10. The van der Waals surface area contributed by atoms with Crippen LogP contribution in [-0.4, -0.2) is 31.0 Å². The number of aromatic nitrogens is 2. The minimum absolute atomic E-state index is 0.0290. The summed E-state index contributed by atoms with van der Waals surface area (Å²) in [6, 6.07) is 6.64. The standard InChI is InChI=1S/C15H15N5O5S2/c1-16-9-4-5-10-11(7-9)18-15(23)20(13(10)21)8-17-14(22)19-27(24,25)12-3-2-6-26-12/h2-7,16H,8H2,1H3,(H,18,23)(H2,17,19,22). The molecule has 3 aromatic rings. The molecule has 2 heterocycles. The highest BCUT2D eigenvalue weighted by atomic mass is 32.2. The molecule has 0 aliphatic rings. The van der Waals surface area contributed by atoms with E-state index >= 15 is 0 Å². The van der Waals surface area contributed by atoms with E-state index in [9.17, 15) is 22.8 Å². The van der Waals surface area contributed by atoms with Crippen molar-refractivity contribution in [2.24, 2.45) is 0 Å². The van der Waals surface area contributed by atoms with Gasteiger partial charge in [-0.3, -0.25) is 4.79 Å². The normalized spacial score (nSPS) is 11.3. The molecule has 0 saturated heterocycles. The van der Waals surface area contributed by atoms with Crippen molar-refractivity contribution in [3.8, 4) is 0 Å². The van der Waals surface area contributed by atoms with Crippen LogP contribution in [-0.2, 0) is 16.7 Å². The molecule has 0 fully saturated rings. The third-order valence-electron chi connectivity index (χ3n) is 3.66. The fourth-order valence-electron chi connectivity index (χ4n) is 2.33. The molecule has 4 N–H and O–H groups in total. The van der Waals surface area contributed by atoms with Crippen molar-refractivity contribution in [1.82, 2.24) is 19.6 Å². The Morgan fingerprint density at radius 2 is 2.04 bits per heavy atom. The Balaban J connectivity index is 1.80. The van der Waals surface area contributed by atoms with E-state index < -0.39 is 34.0 Å². The highest BCUT2D eigenvalue weighted by Crippen LogP contribution is 2.15. The number of hydrogen-bond donors (Lipinski definition) is 4. The van der Waals surface area contributed by atoms with Crippen LogP contribution in [0.3, 0.4) is 0 Å². The van der Waals surface area contributed by atoms with Crippen LogP contribution in [0.1, 0.15) is 0 Å². The number of aromatic amines is 1. The average Bonchev–Trinajstić information content (AvgIpc) is 3.16. The third-order valence-corrected chi connectivity index (χ3v) is 6.38. The number of sulfonamides is 1. The molecule has 3 rings (SSSR count). The first-order valence-corrected chi connectivity index (χ1v) is 9.97. The van der Waals surface area contributed by atoms with Gasteiger partial charge in [-0.2, -0.15) is 0 Å². The maximum Gasteiger partial charge on any atom is 0.330 e. The molecule has 0 unspecified atom stereocenters. The van der Waals surface area contributed by atoms with Crippen molar-refractivity contribution in [2.75, 3.05) is 12.4 Å². The summed E-state index contributed by atoms with van der Waals surface area (Å²) in [5.74, 6) is 0. The van der Waals surface area contributed by atoms with Crippen molar-refractivity contribution in [1.29, 1.82) is 0 Å². The number of carbonyl (C=O) groups is 1. The summed E-state index contributed by atoms with van der Waals surface area (Å²) in [6.45, 7) is -0.496. The van der Waals surface area contributed by atoms with Crippen molar-refractivity contribution in [2.45, 2.75) is 10.9 Å². The lowest BCUT2D eigenvalue weighted by atomic mass is 10.2. The summed E-state index contributed by atoms with van der Waals surface area (Å²) in [5.41, 5.74) is -0.288. The van der Waals surface area contributed by atoms with E-state index in [0.29, 0.717) is 11.2 Å². The highest BCUT2D eigenvalue weighted by molar-refractivity contribution is 7.92. The number of amides is 2. The molecule has 2 aromatic heterocycles. The van der Waals surface area contributed by atoms with Crippen LogP contribution >= 0.6 is 11.3 Å². The van der Waals surface area contributed by atoms with E-state index in [1.807, 2.05) is 4.72 Å². The number of hydrogen-bond acceptors (Lipinski definition) is 7. The topological polar surface area (TPSA) is 142 Å². The van der Waals surface area contributed by atoms with E-state index in [-0.39, 0.29) is 9.60 Å². The first-order chi connectivity index (χ1) is 12.8. The zero-order valence-electron chi connectivity index (χ0n) is 14.0. The predicted octanol–water partition coefficient (Wildman–Crippen LogP) is 0.439. The van der Waals surface area contributed by atoms with E-state index in [4.69, 9.17) is 0 Å². The molecule has 0 bridgehead atoms. The van der Waals surface area contributed by atoms with Crippen LogP contribution in [0.2, 0.25) is 0 Å². The fourth-order valence-corrected chi connectivity index (χ4v) is 4.25. The highest BCUT2D eigenvalue weighted by Gasteiger charge is 2.18. The number of nitrogens with one attached hydrogen (secondary N) is 4. The minimum Gasteiger partial charge on any atom is -0.388 e. The number of carbonyl (C=O) groups excluding carboxylic acids is 1. The van der Waals surface area contributed by atoms with E-state index in [0.717, 1.165) is 15.9 Å². The Morgan fingerprint density at radius 1 is 1.26 bits per heavy atom. The summed E-state index contributed by atoms with van der Waals surface area (Å²) in [5, 5.41) is 6.89. The number of urea groups is 1. The van der Waals surface area contributed by atoms with Crippen molar-refractivity contribution in [3.05, 3.63) is 56.5 Å². The number of benzene rings is 1. The Hall–Kier alpha value is -3.12. The minimum atomic E-state index is -4.01. The van der Waals surface area contributed by atoms with Gasteiger partial charge in [-0.15, -0.1) is 11.3 Å². The summed E-state index contributed by atoms with van der Waals surface area (Å²) >= 11 is 0.950. The second-order valence-electron chi connectivity index (χ2n) is 5.38. The van der Waals surface area contributed by atoms with Gasteiger partial charge in [0.15, 0.2) is 0 Å². The lowest BCUT2D eigenvalue weighted by molar-refractivity contribution is 0.243. The van der Waals surface area contributed by atoms with Gasteiger partial charge in [0.25, 0.3) is 15.6 Å². The Bertz CT molecular complexity index is 1210. The SMILES string of the molecule is CNc1ccc2c(=O)n(CNC(=O)NS(=O)(=O)c3cccs3)c(=O)[nH]c2c1. The Kier molecular flexibility index (Phi) is 5.01. The molecule has 0 saturated carbocycles. The van der Waals surface area contributed by atoms with Gasteiger partial charge in [0.1, 0.15) is 10.9 Å². The second-order valence-corrected chi connectivity index (χ2v) is 8.23. The number of H-pyrrole nitrogens is 1. The first-order valence-electron chi connectivity index (χ1n) is 7.60. The van der Waals surface area contributed by atoms with Gasteiger partial charge in [0.2, 0.25) is 0 Å². The molecular formula is C15H15N5O5S2. The number of nitrogens with zero attached hydrogens (tertiary/aromatic N) is 1. The first kappa shape index (κ1) is 18.7. The van der Waals surface area contributed by atoms with Gasteiger partial charge in [0, 0.05) is 12.7 Å². The van der Waals surface area contributed by atoms with Crippen LogP contribution in [0.5, 0.6) is 0 Å². The van der Waals surface area contributed by atoms with Crippen LogP contribution in [0.15, 0.2) is 49.5 Å². The van der Waals surface area contributed by atoms with Crippen LogP contribution < -0.4 is 26.6 Å². The third kappa shape index (κ3) is 3.85. The molecule has 142 valence electrons. The van der Waals surface area contributed by atoms with Crippen LogP contribution in [0, 0.1) is 0 Å². The van der Waals surface area contributed by atoms with Crippen molar-refractivity contribution in [3.63, 3.8) is 0 Å². The summed E-state index contributed by atoms with van der Waals surface area (Å²) in [4.78, 5) is 39.0. The molecular weight excluding hydrogens is 394 g/mol. The quantitative estimate of drug-likeness (QED) is 0.482. The number of thiophene rings is 1. The van der Waals surface area contributed by atoms with Gasteiger partial charge in [0.05, 0.1) is 10.9 Å². The Morgan fingerprint density at radius 3 is 2.70 bits per heavy atom. The lowest BCUT2D eigenvalue weighted by Crippen LogP contribution is -2.45. The monoisotopic (exact) mass is 409 g/mol.